The second-order valence-electron chi connectivity index (χ2n) is 4.22. The van der Waals surface area contributed by atoms with E-state index >= 15 is 0 Å². The second kappa shape index (κ2) is 7.67. The largest absolute Gasteiger partial charge is 0.342 e. The van der Waals surface area contributed by atoms with Gasteiger partial charge in [-0.3, -0.25) is 23.2 Å². The van der Waals surface area contributed by atoms with Crippen LogP contribution in [-0.4, -0.2) is 42.3 Å². The summed E-state index contributed by atoms with van der Waals surface area (Å²) < 4.78 is 2.79. The van der Waals surface area contributed by atoms with Crippen molar-refractivity contribution in [2.45, 2.75) is 26.2 Å². The van der Waals surface area contributed by atoms with Crippen molar-refractivity contribution in [1.29, 1.82) is 0 Å². The van der Waals surface area contributed by atoms with Gasteiger partial charge in [-0.05, 0) is 19.8 Å². The fourth-order valence-corrected chi connectivity index (χ4v) is 2.28. The van der Waals surface area contributed by atoms with E-state index in [1.54, 1.807) is 4.90 Å². The molecule has 1 rings (SSSR count). The molecule has 0 aromatic rings. The van der Waals surface area contributed by atoms with Crippen LogP contribution in [0.2, 0.25) is 0 Å². The molecule has 18 heavy (non-hydrogen) atoms. The van der Waals surface area contributed by atoms with Crippen LogP contribution in [0.3, 0.4) is 0 Å². The standard InChI is InChI=1S/C11H18IN3O3/c1-2-15(10(17)7-13-12)6-5-8-3-4-9(16)14-11(8)18/h8,13H,2-7H2,1H3,(H,14,16,18). The van der Waals surface area contributed by atoms with Gasteiger partial charge in [-0.15, -0.1) is 0 Å². The molecule has 1 fully saturated rings. The van der Waals surface area contributed by atoms with E-state index in [4.69, 9.17) is 0 Å². The minimum atomic E-state index is -0.207. The molecule has 1 aliphatic rings. The Bertz CT molecular complexity index is 335. The van der Waals surface area contributed by atoms with E-state index in [2.05, 4.69) is 8.85 Å². The van der Waals surface area contributed by atoms with Crippen molar-refractivity contribution < 1.29 is 14.4 Å². The summed E-state index contributed by atoms with van der Waals surface area (Å²) in [5, 5.41) is 2.33. The Labute approximate surface area is 120 Å². The zero-order valence-electron chi connectivity index (χ0n) is 10.4. The third-order valence-corrected chi connectivity index (χ3v) is 3.43. The summed E-state index contributed by atoms with van der Waals surface area (Å²) in [5.41, 5.74) is 0. The van der Waals surface area contributed by atoms with Gasteiger partial charge < -0.3 is 4.90 Å². The van der Waals surface area contributed by atoms with Crippen LogP contribution in [0, 0.1) is 5.92 Å². The van der Waals surface area contributed by atoms with Crippen molar-refractivity contribution >= 4 is 40.6 Å². The van der Waals surface area contributed by atoms with Crippen LogP contribution in [0.25, 0.3) is 0 Å². The molecule has 0 saturated carbocycles. The predicted molar refractivity (Wildman–Crippen MR) is 74.8 cm³/mol. The van der Waals surface area contributed by atoms with Crippen molar-refractivity contribution in [2.24, 2.45) is 5.92 Å². The smallest absolute Gasteiger partial charge is 0.237 e. The number of halogens is 1. The van der Waals surface area contributed by atoms with Crippen molar-refractivity contribution in [3.8, 4) is 0 Å². The number of hydrogen-bond acceptors (Lipinski definition) is 4. The number of carbonyl (C=O) groups is 3. The Balaban J connectivity index is 2.40. The van der Waals surface area contributed by atoms with E-state index in [0.717, 1.165) is 0 Å². The molecular formula is C11H18IN3O3. The molecule has 0 aromatic carbocycles. The molecule has 2 N–H and O–H groups in total. The molecule has 102 valence electrons. The molecule has 0 spiro atoms. The summed E-state index contributed by atoms with van der Waals surface area (Å²) in [6.45, 7) is 3.39. The maximum atomic E-state index is 11.7. The van der Waals surface area contributed by atoms with E-state index in [1.165, 1.54) is 0 Å². The van der Waals surface area contributed by atoms with Gasteiger partial charge in [-0.2, -0.15) is 0 Å². The Kier molecular flexibility index (Phi) is 6.55. The second-order valence-corrected chi connectivity index (χ2v) is 4.98. The molecule has 7 heteroatoms. The van der Waals surface area contributed by atoms with Crippen LogP contribution in [-0.2, 0) is 14.4 Å². The minimum absolute atomic E-state index is 0.0270. The van der Waals surface area contributed by atoms with Gasteiger partial charge in [-0.25, -0.2) is 0 Å². The van der Waals surface area contributed by atoms with E-state index < -0.39 is 0 Å². The zero-order chi connectivity index (χ0) is 13.5. The van der Waals surface area contributed by atoms with Gasteiger partial charge in [0, 0.05) is 48.3 Å². The first-order chi connectivity index (χ1) is 8.58. The summed E-state index contributed by atoms with van der Waals surface area (Å²) >= 11 is 1.93. The van der Waals surface area contributed by atoms with Crippen molar-refractivity contribution in [3.05, 3.63) is 0 Å². The van der Waals surface area contributed by atoms with E-state index in [0.29, 0.717) is 38.9 Å². The van der Waals surface area contributed by atoms with Gasteiger partial charge in [-0.1, -0.05) is 0 Å². The fourth-order valence-electron chi connectivity index (χ4n) is 1.95. The third-order valence-electron chi connectivity index (χ3n) is 3.05. The van der Waals surface area contributed by atoms with Gasteiger partial charge in [0.05, 0.1) is 6.54 Å². The highest BCUT2D eigenvalue weighted by atomic mass is 127. The Morgan fingerprint density at radius 2 is 2.28 bits per heavy atom. The maximum Gasteiger partial charge on any atom is 0.237 e. The molecule has 0 radical (unpaired) electrons. The predicted octanol–water partition coefficient (Wildman–Crippen LogP) is 0.217. The van der Waals surface area contributed by atoms with Gasteiger partial charge >= 0.3 is 0 Å². The SMILES string of the molecule is CCN(CCC1CCC(=O)NC1=O)C(=O)CNI. The number of hydrogen-bond donors (Lipinski definition) is 2. The van der Waals surface area contributed by atoms with Crippen molar-refractivity contribution in [3.63, 3.8) is 0 Å². The first-order valence-corrected chi connectivity index (χ1v) is 7.11. The highest BCUT2D eigenvalue weighted by Crippen LogP contribution is 2.16. The molecule has 1 heterocycles. The summed E-state index contributed by atoms with van der Waals surface area (Å²) in [6.07, 6.45) is 1.59. The summed E-state index contributed by atoms with van der Waals surface area (Å²) in [5.74, 6) is -0.535. The number of amides is 3. The van der Waals surface area contributed by atoms with Gasteiger partial charge in [0.15, 0.2) is 0 Å². The van der Waals surface area contributed by atoms with Crippen LogP contribution in [0.4, 0.5) is 0 Å². The topological polar surface area (TPSA) is 78.5 Å². The average Bonchev–Trinajstić information content (AvgIpc) is 2.32. The number of likely N-dealkylation sites (N-methyl/N-ethyl adjacent to an activating group) is 1. The molecule has 1 saturated heterocycles. The summed E-state index contributed by atoms with van der Waals surface area (Å²) in [6, 6.07) is 0. The minimum Gasteiger partial charge on any atom is -0.342 e. The van der Waals surface area contributed by atoms with E-state index in [9.17, 15) is 14.4 Å². The Hall–Kier alpha value is -0.700. The van der Waals surface area contributed by atoms with Crippen LogP contribution in [0.15, 0.2) is 0 Å². The zero-order valence-corrected chi connectivity index (χ0v) is 12.5. The van der Waals surface area contributed by atoms with Gasteiger partial charge in [0.2, 0.25) is 17.7 Å². The lowest BCUT2D eigenvalue weighted by Crippen LogP contribution is -2.43. The molecule has 1 atom stereocenters. The van der Waals surface area contributed by atoms with Crippen molar-refractivity contribution in [1.82, 2.24) is 13.7 Å². The number of nitrogens with zero attached hydrogens (tertiary/aromatic N) is 1. The van der Waals surface area contributed by atoms with Crippen LogP contribution < -0.4 is 8.85 Å². The number of nitrogens with one attached hydrogen (secondary N) is 2. The number of rotatable bonds is 6. The highest BCUT2D eigenvalue weighted by Gasteiger charge is 2.27. The number of imide groups is 1. The summed E-state index contributed by atoms with van der Waals surface area (Å²) in [7, 11) is 0. The van der Waals surface area contributed by atoms with E-state index in [1.807, 2.05) is 29.8 Å². The highest BCUT2D eigenvalue weighted by molar-refractivity contribution is 14.1. The van der Waals surface area contributed by atoms with Gasteiger partial charge in [0.25, 0.3) is 0 Å². The first kappa shape index (κ1) is 15.4. The molecule has 1 aliphatic heterocycles. The molecule has 0 aliphatic carbocycles. The summed E-state index contributed by atoms with van der Waals surface area (Å²) in [4.78, 5) is 36.0. The van der Waals surface area contributed by atoms with Crippen molar-refractivity contribution in [2.75, 3.05) is 19.6 Å². The maximum absolute atomic E-state index is 11.7. The lowest BCUT2D eigenvalue weighted by atomic mass is 9.94. The quantitative estimate of drug-likeness (QED) is 0.400. The molecule has 6 nitrogen and oxygen atoms in total. The van der Waals surface area contributed by atoms with E-state index in [-0.39, 0.29) is 23.6 Å². The lowest BCUT2D eigenvalue weighted by Gasteiger charge is -2.25. The number of piperidine rings is 1. The van der Waals surface area contributed by atoms with Gasteiger partial charge in [0.1, 0.15) is 0 Å². The monoisotopic (exact) mass is 367 g/mol. The Morgan fingerprint density at radius 1 is 1.56 bits per heavy atom. The lowest BCUT2D eigenvalue weighted by molar-refractivity contribution is -0.137. The molecule has 1 unspecified atom stereocenters. The molecular weight excluding hydrogens is 349 g/mol. The van der Waals surface area contributed by atoms with Crippen LogP contribution in [0.1, 0.15) is 26.2 Å². The molecule has 3 amide bonds. The normalized spacial score (nSPS) is 19.6. The third kappa shape index (κ3) is 4.52. The van der Waals surface area contributed by atoms with Crippen LogP contribution >= 0.6 is 22.9 Å². The molecule has 0 aromatic heterocycles. The van der Waals surface area contributed by atoms with Crippen LogP contribution in [0.5, 0.6) is 0 Å². The first-order valence-electron chi connectivity index (χ1n) is 6.03. The Morgan fingerprint density at radius 3 is 2.83 bits per heavy atom. The average molecular weight is 367 g/mol. The molecule has 0 bridgehead atoms. The fraction of sp³-hybridized carbons (Fsp3) is 0.727. The number of carbonyl (C=O) groups excluding carboxylic acids is 3.